The molecule has 2 unspecified atom stereocenters. The zero-order chi connectivity index (χ0) is 16.1. The average molecular weight is 319 g/mol. The van der Waals surface area contributed by atoms with Crippen molar-refractivity contribution < 1.29 is 19.0 Å². The maximum absolute atomic E-state index is 11.2. The first-order valence-corrected chi connectivity index (χ1v) is 8.42. The van der Waals surface area contributed by atoms with Crippen molar-refractivity contribution >= 4 is 6.16 Å². The van der Waals surface area contributed by atoms with Gasteiger partial charge in [0.15, 0.2) is 0 Å². The van der Waals surface area contributed by atoms with E-state index >= 15 is 0 Å². The van der Waals surface area contributed by atoms with E-state index in [0.717, 1.165) is 57.7 Å². The third kappa shape index (κ3) is 4.38. The van der Waals surface area contributed by atoms with Crippen LogP contribution in [0.3, 0.4) is 0 Å². The summed E-state index contributed by atoms with van der Waals surface area (Å²) in [5.41, 5.74) is 1.31. The van der Waals surface area contributed by atoms with Gasteiger partial charge in [0, 0.05) is 6.54 Å². The molecule has 1 fully saturated rings. The quantitative estimate of drug-likeness (QED) is 0.799. The molecule has 3 rings (SSSR count). The van der Waals surface area contributed by atoms with Crippen molar-refractivity contribution in [2.45, 2.75) is 31.8 Å². The van der Waals surface area contributed by atoms with Crippen molar-refractivity contribution in [2.75, 3.05) is 33.4 Å². The Morgan fingerprint density at radius 2 is 2.26 bits per heavy atom. The van der Waals surface area contributed by atoms with Gasteiger partial charge < -0.3 is 14.2 Å². The molecule has 1 aromatic rings. The molecule has 0 N–H and O–H groups in total. The zero-order valence-electron chi connectivity index (χ0n) is 13.7. The van der Waals surface area contributed by atoms with Gasteiger partial charge in [0.2, 0.25) is 0 Å². The van der Waals surface area contributed by atoms with Crippen LogP contribution in [0.2, 0.25) is 0 Å². The highest BCUT2D eigenvalue weighted by Crippen LogP contribution is 2.28. The molecule has 2 aliphatic heterocycles. The van der Waals surface area contributed by atoms with Crippen molar-refractivity contribution in [2.24, 2.45) is 5.92 Å². The van der Waals surface area contributed by atoms with E-state index in [-0.39, 0.29) is 6.10 Å². The fourth-order valence-electron chi connectivity index (χ4n) is 3.44. The topological polar surface area (TPSA) is 48.0 Å². The SMILES string of the molecule is COC(=O)OC1CCCN(CCC2COc3ccccc3C2)C1. The highest BCUT2D eigenvalue weighted by atomic mass is 16.7. The lowest BCUT2D eigenvalue weighted by Gasteiger charge is -2.33. The van der Waals surface area contributed by atoms with E-state index in [1.54, 1.807) is 0 Å². The number of rotatable bonds is 4. The van der Waals surface area contributed by atoms with Crippen LogP contribution in [0.15, 0.2) is 24.3 Å². The predicted octanol–water partition coefficient (Wildman–Crippen LogP) is 2.88. The number of nitrogens with zero attached hydrogens (tertiary/aromatic N) is 1. The molecule has 0 radical (unpaired) electrons. The van der Waals surface area contributed by atoms with Crippen LogP contribution >= 0.6 is 0 Å². The van der Waals surface area contributed by atoms with Gasteiger partial charge >= 0.3 is 6.16 Å². The number of hydrogen-bond acceptors (Lipinski definition) is 5. The summed E-state index contributed by atoms with van der Waals surface area (Å²) in [5, 5.41) is 0. The molecule has 5 nitrogen and oxygen atoms in total. The summed E-state index contributed by atoms with van der Waals surface area (Å²) in [6.45, 7) is 3.70. The molecule has 23 heavy (non-hydrogen) atoms. The minimum Gasteiger partial charge on any atom is -0.493 e. The van der Waals surface area contributed by atoms with Crippen LogP contribution in [0.25, 0.3) is 0 Å². The summed E-state index contributed by atoms with van der Waals surface area (Å²) < 4.78 is 15.7. The summed E-state index contributed by atoms with van der Waals surface area (Å²) in [6.07, 6.45) is 3.57. The van der Waals surface area contributed by atoms with Gasteiger partial charge in [-0.3, -0.25) is 4.90 Å². The van der Waals surface area contributed by atoms with Crippen LogP contribution in [0.4, 0.5) is 4.79 Å². The molecule has 5 heteroatoms. The Hall–Kier alpha value is -1.75. The Balaban J connectivity index is 1.44. The first-order chi connectivity index (χ1) is 11.2. The number of methoxy groups -OCH3 is 1. The van der Waals surface area contributed by atoms with Crippen molar-refractivity contribution in [3.8, 4) is 5.75 Å². The van der Waals surface area contributed by atoms with Gasteiger partial charge in [0.25, 0.3) is 0 Å². The Morgan fingerprint density at radius 1 is 1.39 bits per heavy atom. The predicted molar refractivity (Wildman–Crippen MR) is 86.7 cm³/mol. The maximum atomic E-state index is 11.2. The molecule has 2 heterocycles. The number of hydrogen-bond donors (Lipinski definition) is 0. The minimum atomic E-state index is -0.575. The fraction of sp³-hybridized carbons (Fsp3) is 0.611. The summed E-state index contributed by atoms with van der Waals surface area (Å²) in [6, 6.07) is 8.30. The van der Waals surface area contributed by atoms with E-state index < -0.39 is 6.16 Å². The standard InChI is InChI=1S/C18H25NO4/c1-21-18(20)23-16-6-4-9-19(12-16)10-8-14-11-15-5-2-3-7-17(15)22-13-14/h2-3,5,7,14,16H,4,6,8-13H2,1H3. The van der Waals surface area contributed by atoms with E-state index in [0.29, 0.717) is 5.92 Å². The zero-order valence-corrected chi connectivity index (χ0v) is 13.7. The van der Waals surface area contributed by atoms with Gasteiger partial charge in [-0.05, 0) is 56.3 Å². The Labute approximate surface area is 137 Å². The number of piperidine rings is 1. The number of benzene rings is 1. The Bertz CT molecular complexity index is 534. The number of carbonyl (C=O) groups excluding carboxylic acids is 1. The first-order valence-electron chi connectivity index (χ1n) is 8.42. The molecule has 1 aromatic carbocycles. The Morgan fingerprint density at radius 3 is 3.13 bits per heavy atom. The smallest absolute Gasteiger partial charge is 0.493 e. The van der Waals surface area contributed by atoms with Gasteiger partial charge in [0.1, 0.15) is 11.9 Å². The minimum absolute atomic E-state index is 0.0421. The van der Waals surface area contributed by atoms with Gasteiger partial charge in [-0.25, -0.2) is 4.79 Å². The lowest BCUT2D eigenvalue weighted by molar-refractivity contribution is 0.00256. The molecule has 0 aliphatic carbocycles. The summed E-state index contributed by atoms with van der Waals surface area (Å²) in [5.74, 6) is 1.60. The fourth-order valence-corrected chi connectivity index (χ4v) is 3.44. The van der Waals surface area contributed by atoms with Crippen LogP contribution in [0.5, 0.6) is 5.75 Å². The largest absolute Gasteiger partial charge is 0.508 e. The second-order valence-electron chi connectivity index (χ2n) is 6.41. The first kappa shape index (κ1) is 16.1. The third-order valence-electron chi connectivity index (χ3n) is 4.70. The van der Waals surface area contributed by atoms with E-state index in [1.165, 1.54) is 12.7 Å². The van der Waals surface area contributed by atoms with Gasteiger partial charge in [-0.2, -0.15) is 0 Å². The van der Waals surface area contributed by atoms with E-state index in [1.807, 2.05) is 12.1 Å². The lowest BCUT2D eigenvalue weighted by atomic mass is 9.93. The van der Waals surface area contributed by atoms with Crippen LogP contribution in [-0.4, -0.2) is 50.5 Å². The van der Waals surface area contributed by atoms with Crippen molar-refractivity contribution in [1.82, 2.24) is 4.90 Å². The highest BCUT2D eigenvalue weighted by molar-refractivity contribution is 5.59. The van der Waals surface area contributed by atoms with E-state index in [4.69, 9.17) is 9.47 Å². The number of likely N-dealkylation sites (tertiary alicyclic amines) is 1. The molecular formula is C18H25NO4. The van der Waals surface area contributed by atoms with Crippen molar-refractivity contribution in [3.63, 3.8) is 0 Å². The number of carbonyl (C=O) groups is 1. The molecule has 2 atom stereocenters. The van der Waals surface area contributed by atoms with Gasteiger partial charge in [-0.15, -0.1) is 0 Å². The maximum Gasteiger partial charge on any atom is 0.508 e. The van der Waals surface area contributed by atoms with Crippen LogP contribution < -0.4 is 4.74 Å². The second kappa shape index (κ2) is 7.68. The van der Waals surface area contributed by atoms with Gasteiger partial charge in [-0.1, -0.05) is 18.2 Å². The van der Waals surface area contributed by atoms with Crippen LogP contribution in [0.1, 0.15) is 24.8 Å². The summed E-state index contributed by atoms with van der Waals surface area (Å²) in [7, 11) is 1.35. The Kier molecular flexibility index (Phi) is 5.39. The van der Waals surface area contributed by atoms with Crippen LogP contribution in [0, 0.1) is 5.92 Å². The molecule has 0 saturated carbocycles. The molecule has 0 aromatic heterocycles. The van der Waals surface area contributed by atoms with E-state index in [2.05, 4.69) is 21.8 Å². The molecule has 0 bridgehead atoms. The number of para-hydroxylation sites is 1. The molecular weight excluding hydrogens is 294 g/mol. The van der Waals surface area contributed by atoms with Crippen molar-refractivity contribution in [3.05, 3.63) is 29.8 Å². The highest BCUT2D eigenvalue weighted by Gasteiger charge is 2.25. The molecule has 126 valence electrons. The monoisotopic (exact) mass is 319 g/mol. The number of fused-ring (bicyclic) bond motifs is 1. The number of ether oxygens (including phenoxy) is 3. The normalized spacial score (nSPS) is 24.4. The summed E-state index contributed by atoms with van der Waals surface area (Å²) >= 11 is 0. The van der Waals surface area contributed by atoms with E-state index in [9.17, 15) is 4.79 Å². The lowest BCUT2D eigenvalue weighted by Crippen LogP contribution is -2.41. The third-order valence-corrected chi connectivity index (χ3v) is 4.70. The molecule has 1 saturated heterocycles. The molecule has 0 spiro atoms. The second-order valence-corrected chi connectivity index (χ2v) is 6.41. The average Bonchev–Trinajstić information content (AvgIpc) is 2.60. The molecule has 0 amide bonds. The molecule has 2 aliphatic rings. The summed E-state index contributed by atoms with van der Waals surface area (Å²) in [4.78, 5) is 13.6. The van der Waals surface area contributed by atoms with Gasteiger partial charge in [0.05, 0.1) is 13.7 Å². The van der Waals surface area contributed by atoms with Crippen molar-refractivity contribution in [1.29, 1.82) is 0 Å². The van der Waals surface area contributed by atoms with Crippen LogP contribution in [-0.2, 0) is 15.9 Å².